The first-order chi connectivity index (χ1) is 17.7. The number of imidazole rings is 1. The molecule has 1 heterocycles. The molecule has 36 heavy (non-hydrogen) atoms. The van der Waals surface area contributed by atoms with Gasteiger partial charge in [0.25, 0.3) is 0 Å². The zero-order valence-corrected chi connectivity index (χ0v) is 25.4. The highest BCUT2D eigenvalue weighted by Crippen LogP contribution is 2.29. The van der Waals surface area contributed by atoms with Crippen molar-refractivity contribution in [3.63, 3.8) is 0 Å². The van der Waals surface area contributed by atoms with Gasteiger partial charge in [-0.1, -0.05) is 162 Å². The smallest absolute Gasteiger partial charge is 0.111 e. The highest BCUT2D eigenvalue weighted by atomic mass is 15.1. The molecular weight excluding hydrogens is 436 g/mol. The largest absolute Gasteiger partial charge is 0.332 e. The van der Waals surface area contributed by atoms with Gasteiger partial charge in [-0.15, -0.1) is 0 Å². The third kappa shape index (κ3) is 16.9. The van der Waals surface area contributed by atoms with Crippen LogP contribution in [-0.2, 0) is 0 Å². The summed E-state index contributed by atoms with van der Waals surface area (Å²) >= 11 is 0. The topological polar surface area (TPSA) is 17.8 Å². The minimum atomic E-state index is 0.591. The summed E-state index contributed by atoms with van der Waals surface area (Å²) in [6.07, 6.45) is 39.4. The van der Waals surface area contributed by atoms with E-state index in [1.807, 2.05) is 0 Å². The summed E-state index contributed by atoms with van der Waals surface area (Å²) in [7, 11) is 0. The number of rotatable bonds is 27. The molecule has 1 aromatic rings. The Morgan fingerprint density at radius 2 is 0.944 bits per heavy atom. The highest BCUT2D eigenvalue weighted by molar-refractivity contribution is 5.02. The second kappa shape index (κ2) is 24.5. The summed E-state index contributed by atoms with van der Waals surface area (Å²) in [5.41, 5.74) is 0. The lowest BCUT2D eigenvalue weighted by molar-refractivity contribution is 0.419. The summed E-state index contributed by atoms with van der Waals surface area (Å²) in [4.78, 5) is 4.89. The van der Waals surface area contributed by atoms with Crippen LogP contribution in [0.4, 0.5) is 0 Å². The van der Waals surface area contributed by atoms with Crippen molar-refractivity contribution in [1.29, 1.82) is 0 Å². The normalized spacial score (nSPS) is 13.3. The maximum Gasteiger partial charge on any atom is 0.111 e. The highest BCUT2D eigenvalue weighted by Gasteiger charge is 2.18. The van der Waals surface area contributed by atoms with Gasteiger partial charge < -0.3 is 4.57 Å². The fraction of sp³-hybridized carbons (Fsp3) is 0.912. The SMILES string of the molecule is CCCCCCCCCCCCCCC(CCC)c1nccn1C(C)CCCCCCCCCCC. The number of nitrogens with zero attached hydrogens (tertiary/aromatic N) is 2. The maximum atomic E-state index is 4.89. The van der Waals surface area contributed by atoms with Crippen molar-refractivity contribution < 1.29 is 0 Å². The first kappa shape index (κ1) is 33.2. The van der Waals surface area contributed by atoms with Gasteiger partial charge in [-0.25, -0.2) is 4.98 Å². The molecule has 2 nitrogen and oxygen atoms in total. The molecule has 1 rings (SSSR count). The van der Waals surface area contributed by atoms with Crippen LogP contribution >= 0.6 is 0 Å². The molecule has 0 aliphatic carbocycles. The van der Waals surface area contributed by atoms with Gasteiger partial charge in [0.2, 0.25) is 0 Å². The predicted molar refractivity (Wildman–Crippen MR) is 162 cm³/mol. The van der Waals surface area contributed by atoms with Gasteiger partial charge in [-0.2, -0.15) is 0 Å². The molecule has 0 spiro atoms. The molecule has 0 saturated carbocycles. The first-order valence-corrected chi connectivity index (χ1v) is 16.8. The van der Waals surface area contributed by atoms with E-state index in [0.717, 1.165) is 0 Å². The molecule has 0 fully saturated rings. The Hall–Kier alpha value is -0.790. The summed E-state index contributed by atoms with van der Waals surface area (Å²) in [6, 6.07) is 0.591. The van der Waals surface area contributed by atoms with Crippen molar-refractivity contribution in [2.45, 2.75) is 200 Å². The van der Waals surface area contributed by atoms with E-state index in [9.17, 15) is 0 Å². The summed E-state index contributed by atoms with van der Waals surface area (Å²) in [6.45, 7) is 9.37. The molecule has 0 aliphatic heterocycles. The van der Waals surface area contributed by atoms with Crippen LogP contribution in [0.25, 0.3) is 0 Å². The van der Waals surface area contributed by atoms with Gasteiger partial charge in [0.05, 0.1) is 0 Å². The van der Waals surface area contributed by atoms with Crippen LogP contribution in [-0.4, -0.2) is 9.55 Å². The molecule has 2 unspecified atom stereocenters. The Balaban J connectivity index is 2.21. The lowest BCUT2D eigenvalue weighted by atomic mass is 9.94. The molecule has 0 amide bonds. The van der Waals surface area contributed by atoms with Gasteiger partial charge in [-0.05, 0) is 26.2 Å². The molecule has 2 atom stereocenters. The van der Waals surface area contributed by atoms with Crippen molar-refractivity contribution in [3.8, 4) is 0 Å². The van der Waals surface area contributed by atoms with Crippen molar-refractivity contribution in [1.82, 2.24) is 9.55 Å². The first-order valence-electron chi connectivity index (χ1n) is 16.8. The average Bonchev–Trinajstić information content (AvgIpc) is 3.37. The van der Waals surface area contributed by atoms with E-state index in [0.29, 0.717) is 12.0 Å². The van der Waals surface area contributed by atoms with E-state index in [2.05, 4.69) is 44.7 Å². The van der Waals surface area contributed by atoms with Gasteiger partial charge in [0.1, 0.15) is 5.82 Å². The standard InChI is InChI=1S/C34H66N2/c1-5-8-10-12-14-16-17-18-20-22-24-26-29-33(27-7-3)34-35-30-31-36(34)32(4)28-25-23-21-19-15-13-11-9-6-2/h30-33H,5-29H2,1-4H3. The number of unbranched alkanes of at least 4 members (excludes halogenated alkanes) is 19. The van der Waals surface area contributed by atoms with Crippen molar-refractivity contribution >= 4 is 0 Å². The Bertz CT molecular complexity index is 563. The summed E-state index contributed by atoms with van der Waals surface area (Å²) < 4.78 is 2.53. The lowest BCUT2D eigenvalue weighted by Crippen LogP contribution is -2.13. The Kier molecular flexibility index (Phi) is 22.7. The van der Waals surface area contributed by atoms with Gasteiger partial charge in [0.15, 0.2) is 0 Å². The number of hydrogen-bond acceptors (Lipinski definition) is 1. The Labute approximate surface area is 227 Å². The van der Waals surface area contributed by atoms with Crippen LogP contribution in [0.15, 0.2) is 12.4 Å². The maximum absolute atomic E-state index is 4.89. The zero-order valence-electron chi connectivity index (χ0n) is 25.4. The second-order valence-corrected chi connectivity index (χ2v) is 11.8. The molecular formula is C34H66N2. The van der Waals surface area contributed by atoms with E-state index in [4.69, 9.17) is 4.98 Å². The average molecular weight is 503 g/mol. The molecule has 0 N–H and O–H groups in total. The van der Waals surface area contributed by atoms with Crippen LogP contribution in [0.5, 0.6) is 0 Å². The number of hydrogen-bond donors (Lipinski definition) is 0. The number of aromatic nitrogens is 2. The molecule has 2 heteroatoms. The van der Waals surface area contributed by atoms with Gasteiger partial charge in [0, 0.05) is 24.4 Å². The van der Waals surface area contributed by atoms with Crippen LogP contribution in [0.2, 0.25) is 0 Å². The van der Waals surface area contributed by atoms with Crippen LogP contribution in [0, 0.1) is 0 Å². The Morgan fingerprint density at radius 1 is 0.528 bits per heavy atom. The molecule has 212 valence electrons. The van der Waals surface area contributed by atoms with E-state index in [1.165, 1.54) is 166 Å². The lowest BCUT2D eigenvalue weighted by Gasteiger charge is -2.22. The van der Waals surface area contributed by atoms with Crippen molar-refractivity contribution in [2.75, 3.05) is 0 Å². The predicted octanol–water partition coefficient (Wildman–Crippen LogP) is 12.3. The van der Waals surface area contributed by atoms with Crippen molar-refractivity contribution in [2.24, 2.45) is 0 Å². The molecule has 0 radical (unpaired) electrons. The van der Waals surface area contributed by atoms with Gasteiger partial charge >= 0.3 is 0 Å². The summed E-state index contributed by atoms with van der Waals surface area (Å²) in [5.74, 6) is 2.03. The van der Waals surface area contributed by atoms with E-state index in [-0.39, 0.29) is 0 Å². The van der Waals surface area contributed by atoms with E-state index < -0.39 is 0 Å². The van der Waals surface area contributed by atoms with E-state index in [1.54, 1.807) is 0 Å². The fourth-order valence-electron chi connectivity index (χ4n) is 5.89. The molecule has 0 aromatic carbocycles. The zero-order chi connectivity index (χ0) is 26.1. The van der Waals surface area contributed by atoms with Crippen LogP contribution in [0.3, 0.4) is 0 Å². The van der Waals surface area contributed by atoms with Crippen LogP contribution < -0.4 is 0 Å². The Morgan fingerprint density at radius 3 is 1.39 bits per heavy atom. The third-order valence-corrected chi connectivity index (χ3v) is 8.31. The quantitative estimate of drug-likeness (QED) is 0.109. The minimum absolute atomic E-state index is 0.591. The summed E-state index contributed by atoms with van der Waals surface area (Å²) in [5, 5.41) is 0. The molecule has 1 aromatic heterocycles. The van der Waals surface area contributed by atoms with E-state index >= 15 is 0 Å². The second-order valence-electron chi connectivity index (χ2n) is 11.8. The van der Waals surface area contributed by atoms with Gasteiger partial charge in [-0.3, -0.25) is 0 Å². The molecule has 0 bridgehead atoms. The third-order valence-electron chi connectivity index (χ3n) is 8.31. The minimum Gasteiger partial charge on any atom is -0.332 e. The monoisotopic (exact) mass is 503 g/mol. The van der Waals surface area contributed by atoms with Crippen LogP contribution in [0.1, 0.15) is 206 Å². The molecule has 0 aliphatic rings. The van der Waals surface area contributed by atoms with Crippen molar-refractivity contribution in [3.05, 3.63) is 18.2 Å². The molecule has 0 saturated heterocycles. The fourth-order valence-corrected chi connectivity index (χ4v) is 5.89.